The Balaban J connectivity index is 1.41. The second-order valence-corrected chi connectivity index (χ2v) is 6.26. The zero-order chi connectivity index (χ0) is 19.3. The zero-order valence-electron chi connectivity index (χ0n) is 14.6. The van der Waals surface area contributed by atoms with E-state index in [1.54, 1.807) is 24.4 Å². The number of carbonyl (C=O) groups excluding carboxylic acids is 1. The highest BCUT2D eigenvalue weighted by Gasteiger charge is 2.12. The molecule has 2 aromatic carbocycles. The van der Waals surface area contributed by atoms with Gasteiger partial charge in [-0.2, -0.15) is 4.98 Å². The molecule has 0 unspecified atom stereocenters. The summed E-state index contributed by atoms with van der Waals surface area (Å²) in [6, 6.07) is 16.7. The smallest absolute Gasteiger partial charge is 0.331 e. The molecule has 2 heterocycles. The van der Waals surface area contributed by atoms with Crippen LogP contribution in [-0.4, -0.2) is 21.1 Å². The zero-order valence-corrected chi connectivity index (χ0v) is 15.3. The van der Waals surface area contributed by atoms with Crippen molar-refractivity contribution < 1.29 is 14.1 Å². The van der Waals surface area contributed by atoms with Crippen LogP contribution in [0.3, 0.4) is 0 Å². The van der Waals surface area contributed by atoms with E-state index in [0.717, 1.165) is 16.5 Å². The van der Waals surface area contributed by atoms with Crippen molar-refractivity contribution in [1.82, 2.24) is 15.1 Å². The summed E-state index contributed by atoms with van der Waals surface area (Å²) in [5, 5.41) is 5.37. The lowest BCUT2D eigenvalue weighted by Gasteiger charge is -2.01. The van der Waals surface area contributed by atoms with Gasteiger partial charge in [-0.05, 0) is 24.3 Å². The second kappa shape index (κ2) is 8.02. The third kappa shape index (κ3) is 3.92. The SMILES string of the molecule is O=C(/C=C/c1cccc2cccnc12)OCc1nc(-c2ccccc2Cl)no1. The van der Waals surface area contributed by atoms with Gasteiger partial charge in [0, 0.05) is 28.8 Å². The minimum atomic E-state index is -0.523. The molecule has 138 valence electrons. The molecular weight excluding hydrogens is 378 g/mol. The van der Waals surface area contributed by atoms with Crippen LogP contribution in [0.1, 0.15) is 11.5 Å². The fourth-order valence-corrected chi connectivity index (χ4v) is 2.89. The first-order chi connectivity index (χ1) is 13.7. The molecule has 0 saturated carbocycles. The van der Waals surface area contributed by atoms with Gasteiger partial charge in [-0.25, -0.2) is 4.79 Å². The first-order valence-corrected chi connectivity index (χ1v) is 8.84. The van der Waals surface area contributed by atoms with Gasteiger partial charge < -0.3 is 9.26 Å². The lowest BCUT2D eigenvalue weighted by molar-refractivity contribution is -0.139. The van der Waals surface area contributed by atoms with Crippen molar-refractivity contribution in [3.8, 4) is 11.4 Å². The fourth-order valence-electron chi connectivity index (χ4n) is 2.67. The number of carbonyl (C=O) groups is 1. The molecule has 4 aromatic rings. The Bertz CT molecular complexity index is 1170. The predicted octanol–water partition coefficient (Wildman–Crippen LogP) is 4.69. The molecule has 2 aromatic heterocycles. The van der Waals surface area contributed by atoms with Gasteiger partial charge in [0.05, 0.1) is 10.5 Å². The predicted molar refractivity (Wildman–Crippen MR) is 105 cm³/mol. The van der Waals surface area contributed by atoms with Crippen molar-refractivity contribution in [2.24, 2.45) is 0 Å². The molecule has 0 spiro atoms. The van der Waals surface area contributed by atoms with Crippen LogP contribution < -0.4 is 0 Å². The highest BCUT2D eigenvalue weighted by molar-refractivity contribution is 6.33. The van der Waals surface area contributed by atoms with E-state index in [0.29, 0.717) is 16.4 Å². The van der Waals surface area contributed by atoms with E-state index in [2.05, 4.69) is 15.1 Å². The highest BCUT2D eigenvalue weighted by atomic mass is 35.5. The Morgan fingerprint density at radius 3 is 2.86 bits per heavy atom. The molecule has 0 atom stereocenters. The Labute approximate surface area is 165 Å². The number of ether oxygens (including phenoxy) is 1. The molecule has 28 heavy (non-hydrogen) atoms. The van der Waals surface area contributed by atoms with Crippen LogP contribution in [0.4, 0.5) is 0 Å². The number of benzene rings is 2. The van der Waals surface area contributed by atoms with E-state index in [9.17, 15) is 4.79 Å². The van der Waals surface area contributed by atoms with Gasteiger partial charge in [0.25, 0.3) is 5.89 Å². The normalized spacial score (nSPS) is 11.2. The average Bonchev–Trinajstić information content (AvgIpc) is 3.20. The maximum Gasteiger partial charge on any atom is 0.331 e. The molecule has 0 saturated heterocycles. The summed E-state index contributed by atoms with van der Waals surface area (Å²) < 4.78 is 10.3. The topological polar surface area (TPSA) is 78.1 Å². The van der Waals surface area contributed by atoms with Crippen LogP contribution in [-0.2, 0) is 16.1 Å². The Morgan fingerprint density at radius 2 is 1.96 bits per heavy atom. The number of halogens is 1. The molecular formula is C21H14ClN3O3. The summed E-state index contributed by atoms with van der Waals surface area (Å²) in [5.74, 6) is 0.00273. The molecule has 0 aliphatic rings. The highest BCUT2D eigenvalue weighted by Crippen LogP contribution is 2.25. The Hall–Kier alpha value is -3.51. The van der Waals surface area contributed by atoms with Gasteiger partial charge in [0.1, 0.15) is 0 Å². The minimum Gasteiger partial charge on any atom is -0.452 e. The second-order valence-electron chi connectivity index (χ2n) is 5.85. The molecule has 0 aliphatic heterocycles. The fraction of sp³-hybridized carbons (Fsp3) is 0.0476. The van der Waals surface area contributed by atoms with Crippen LogP contribution >= 0.6 is 11.6 Å². The van der Waals surface area contributed by atoms with Crippen LogP contribution in [0.2, 0.25) is 5.02 Å². The van der Waals surface area contributed by atoms with E-state index >= 15 is 0 Å². The van der Waals surface area contributed by atoms with Crippen molar-refractivity contribution in [3.63, 3.8) is 0 Å². The number of esters is 1. The van der Waals surface area contributed by atoms with Crippen LogP contribution in [0.25, 0.3) is 28.4 Å². The van der Waals surface area contributed by atoms with Crippen molar-refractivity contribution in [3.05, 3.63) is 83.3 Å². The van der Waals surface area contributed by atoms with Gasteiger partial charge in [-0.3, -0.25) is 4.98 Å². The summed E-state index contributed by atoms with van der Waals surface area (Å²) in [6.45, 7) is -0.131. The number of nitrogens with zero attached hydrogens (tertiary/aromatic N) is 3. The number of rotatable bonds is 5. The van der Waals surface area contributed by atoms with E-state index < -0.39 is 5.97 Å². The molecule has 0 aliphatic carbocycles. The Kier molecular flexibility index (Phi) is 5.12. The monoisotopic (exact) mass is 391 g/mol. The third-order valence-electron chi connectivity index (χ3n) is 3.98. The summed E-state index contributed by atoms with van der Waals surface area (Å²) in [7, 11) is 0. The maximum atomic E-state index is 12.0. The summed E-state index contributed by atoms with van der Waals surface area (Å²) >= 11 is 6.12. The van der Waals surface area contributed by atoms with Crippen molar-refractivity contribution in [1.29, 1.82) is 0 Å². The number of fused-ring (bicyclic) bond motifs is 1. The lowest BCUT2D eigenvalue weighted by Crippen LogP contribution is -2.01. The molecule has 7 heteroatoms. The number of aromatic nitrogens is 3. The Morgan fingerprint density at radius 1 is 1.11 bits per heavy atom. The quantitative estimate of drug-likeness (QED) is 0.362. The van der Waals surface area contributed by atoms with E-state index in [1.165, 1.54) is 6.08 Å². The molecule has 0 bridgehead atoms. The van der Waals surface area contributed by atoms with Crippen LogP contribution in [0.5, 0.6) is 0 Å². The standard InChI is InChI=1S/C21H14ClN3O3/c22-17-9-2-1-8-16(17)21-24-18(28-25-21)13-27-19(26)11-10-15-6-3-5-14-7-4-12-23-20(14)15/h1-12H,13H2/b11-10+. The van der Waals surface area contributed by atoms with Crippen LogP contribution in [0, 0.1) is 0 Å². The molecule has 0 fully saturated rings. The van der Waals surface area contributed by atoms with Crippen LogP contribution in [0.15, 0.2) is 71.4 Å². The maximum absolute atomic E-state index is 12.0. The van der Waals surface area contributed by atoms with Gasteiger partial charge >= 0.3 is 5.97 Å². The van der Waals surface area contributed by atoms with Crippen molar-refractivity contribution >= 4 is 34.5 Å². The molecule has 0 amide bonds. The molecule has 0 radical (unpaired) electrons. The van der Waals surface area contributed by atoms with Crippen molar-refractivity contribution in [2.45, 2.75) is 6.61 Å². The van der Waals surface area contributed by atoms with Gasteiger partial charge in [0.2, 0.25) is 5.82 Å². The van der Waals surface area contributed by atoms with Gasteiger partial charge in [-0.15, -0.1) is 0 Å². The lowest BCUT2D eigenvalue weighted by atomic mass is 10.1. The van der Waals surface area contributed by atoms with E-state index in [-0.39, 0.29) is 12.5 Å². The van der Waals surface area contributed by atoms with Crippen molar-refractivity contribution in [2.75, 3.05) is 0 Å². The molecule has 6 nitrogen and oxygen atoms in total. The third-order valence-corrected chi connectivity index (χ3v) is 4.31. The summed E-state index contributed by atoms with van der Waals surface area (Å²) in [6.07, 6.45) is 4.72. The largest absolute Gasteiger partial charge is 0.452 e. The minimum absolute atomic E-state index is 0.131. The number of hydrogen-bond donors (Lipinski definition) is 0. The average molecular weight is 392 g/mol. The summed E-state index contributed by atoms with van der Waals surface area (Å²) in [4.78, 5) is 20.6. The first kappa shape index (κ1) is 17.9. The molecule has 4 rings (SSSR count). The van der Waals surface area contributed by atoms with E-state index in [1.807, 2.05) is 42.5 Å². The number of pyridine rings is 1. The first-order valence-electron chi connectivity index (χ1n) is 8.47. The summed E-state index contributed by atoms with van der Waals surface area (Å²) in [5.41, 5.74) is 2.29. The number of para-hydroxylation sites is 1. The van der Waals surface area contributed by atoms with E-state index in [4.69, 9.17) is 20.9 Å². The molecule has 0 N–H and O–H groups in total. The van der Waals surface area contributed by atoms with Gasteiger partial charge in [0.15, 0.2) is 6.61 Å². The number of hydrogen-bond acceptors (Lipinski definition) is 6. The van der Waals surface area contributed by atoms with Gasteiger partial charge in [-0.1, -0.05) is 53.2 Å².